The van der Waals surface area contributed by atoms with Gasteiger partial charge in [-0.3, -0.25) is 37.3 Å². The van der Waals surface area contributed by atoms with E-state index in [-0.39, 0.29) is 25.7 Å². The Morgan fingerprint density at radius 3 is 0.917 bits per heavy atom. The highest BCUT2D eigenvalue weighted by Gasteiger charge is 2.30. The summed E-state index contributed by atoms with van der Waals surface area (Å²) >= 11 is 0. The molecule has 0 amide bonds. The third kappa shape index (κ3) is 68.8. The molecule has 0 fully saturated rings. The highest BCUT2D eigenvalue weighted by molar-refractivity contribution is 7.47. The van der Waals surface area contributed by atoms with E-state index < -0.39 is 97.5 Å². The quantitative estimate of drug-likeness (QED) is 0.0169. The van der Waals surface area contributed by atoms with Gasteiger partial charge in [-0.15, -0.1) is 0 Å². The van der Waals surface area contributed by atoms with Gasteiger partial charge in [0.15, 0.2) is 12.2 Å². The number of hydrogen-bond acceptors (Lipinski definition) is 15. The monoisotopic (exact) mass is 1390 g/mol. The molecule has 0 bridgehead atoms. The number of carbonyl (C=O) groups is 4. The van der Waals surface area contributed by atoms with E-state index in [4.69, 9.17) is 37.0 Å². The van der Waals surface area contributed by atoms with E-state index in [1.54, 1.807) is 0 Å². The van der Waals surface area contributed by atoms with Crippen LogP contribution in [0.1, 0.15) is 323 Å². The first-order valence-corrected chi connectivity index (χ1v) is 40.8. The molecule has 0 aliphatic rings. The van der Waals surface area contributed by atoms with Crippen molar-refractivity contribution < 1.29 is 80.2 Å². The number of allylic oxidation sites excluding steroid dienone is 14. The van der Waals surface area contributed by atoms with Crippen molar-refractivity contribution in [2.75, 3.05) is 39.6 Å². The molecule has 0 aliphatic heterocycles. The molecule has 0 spiro atoms. The van der Waals surface area contributed by atoms with Gasteiger partial charge >= 0.3 is 39.5 Å². The Morgan fingerprint density at radius 1 is 0.302 bits per heavy atom. The van der Waals surface area contributed by atoms with Crippen LogP contribution >= 0.6 is 15.6 Å². The van der Waals surface area contributed by atoms with Crippen LogP contribution in [0.4, 0.5) is 0 Å². The van der Waals surface area contributed by atoms with Crippen molar-refractivity contribution >= 4 is 39.5 Å². The van der Waals surface area contributed by atoms with Crippen LogP contribution in [-0.4, -0.2) is 96.7 Å². The number of ether oxygens (including phenoxy) is 4. The lowest BCUT2D eigenvalue weighted by Crippen LogP contribution is -2.30. The second-order valence-electron chi connectivity index (χ2n) is 25.2. The van der Waals surface area contributed by atoms with Crippen LogP contribution in [0.15, 0.2) is 85.1 Å². The zero-order valence-electron chi connectivity index (χ0n) is 60.5. The summed E-state index contributed by atoms with van der Waals surface area (Å²) < 4.78 is 68.4. The molecule has 19 heteroatoms. The van der Waals surface area contributed by atoms with Gasteiger partial charge in [0.05, 0.1) is 26.4 Å². The Bertz CT molecular complexity index is 2160. The third-order valence-corrected chi connectivity index (χ3v) is 17.7. The normalized spacial score (nSPS) is 14.4. The molecular weight excluding hydrogens is 1260 g/mol. The Morgan fingerprint density at radius 2 is 0.573 bits per heavy atom. The molecule has 0 heterocycles. The van der Waals surface area contributed by atoms with Crippen LogP contribution < -0.4 is 0 Å². The fraction of sp³-hybridized carbons (Fsp3) is 0.766. The average Bonchev–Trinajstić information content (AvgIpc) is 1.17. The minimum atomic E-state index is -4.98. The summed E-state index contributed by atoms with van der Waals surface area (Å²) in [6.07, 6.45) is 70.1. The molecule has 0 aromatic heterocycles. The fourth-order valence-electron chi connectivity index (χ4n) is 10.1. The van der Waals surface area contributed by atoms with Gasteiger partial charge in [-0.05, 0) is 109 Å². The lowest BCUT2D eigenvalue weighted by atomic mass is 10.0. The molecule has 0 aromatic rings. The van der Waals surface area contributed by atoms with Crippen molar-refractivity contribution in [3.05, 3.63) is 85.1 Å². The topological polar surface area (TPSA) is 237 Å². The summed E-state index contributed by atoms with van der Waals surface area (Å²) in [6, 6.07) is 0. The maximum Gasteiger partial charge on any atom is 0.472 e. The second kappa shape index (κ2) is 69.7. The minimum absolute atomic E-state index is 0.0736. The number of carbonyl (C=O) groups excluding carboxylic acids is 4. The zero-order chi connectivity index (χ0) is 70.4. The van der Waals surface area contributed by atoms with Crippen LogP contribution in [0.5, 0.6) is 0 Å². The van der Waals surface area contributed by atoms with Crippen LogP contribution in [0.3, 0.4) is 0 Å². The predicted octanol–water partition coefficient (Wildman–Crippen LogP) is 21.4. The second-order valence-corrected chi connectivity index (χ2v) is 28.1. The summed E-state index contributed by atoms with van der Waals surface area (Å²) in [6.45, 7) is 4.63. The highest BCUT2D eigenvalue weighted by atomic mass is 31.2. The number of aliphatic hydroxyl groups excluding tert-OH is 1. The largest absolute Gasteiger partial charge is 0.472 e. The zero-order valence-corrected chi connectivity index (χ0v) is 62.3. The molecule has 96 heavy (non-hydrogen) atoms. The first kappa shape index (κ1) is 92.2. The van der Waals surface area contributed by atoms with Crippen molar-refractivity contribution in [1.29, 1.82) is 0 Å². The molecular formula is C77H136O17P2. The predicted molar refractivity (Wildman–Crippen MR) is 390 cm³/mol. The molecule has 0 saturated heterocycles. The smallest absolute Gasteiger partial charge is 0.462 e. The van der Waals surface area contributed by atoms with Crippen LogP contribution in [0, 0.1) is 0 Å². The van der Waals surface area contributed by atoms with Gasteiger partial charge < -0.3 is 33.8 Å². The van der Waals surface area contributed by atoms with Gasteiger partial charge in [-0.25, -0.2) is 9.13 Å². The van der Waals surface area contributed by atoms with E-state index in [2.05, 4.69) is 113 Å². The molecule has 0 saturated carbocycles. The van der Waals surface area contributed by atoms with Gasteiger partial charge in [0.25, 0.3) is 0 Å². The van der Waals surface area contributed by atoms with Crippen LogP contribution in [0.2, 0.25) is 0 Å². The van der Waals surface area contributed by atoms with E-state index in [9.17, 15) is 43.2 Å². The number of hydrogen-bond donors (Lipinski definition) is 3. The summed E-state index contributed by atoms with van der Waals surface area (Å²) in [5, 5.41) is 10.6. The number of aliphatic hydroxyl groups is 1. The van der Waals surface area contributed by atoms with E-state index in [1.165, 1.54) is 83.5 Å². The number of phosphoric acid groups is 2. The lowest BCUT2D eigenvalue weighted by Gasteiger charge is -2.21. The minimum Gasteiger partial charge on any atom is -0.462 e. The number of unbranched alkanes of at least 4 members (excludes halogenated alkanes) is 31. The molecule has 17 nitrogen and oxygen atoms in total. The third-order valence-electron chi connectivity index (χ3n) is 15.8. The van der Waals surface area contributed by atoms with Crippen LogP contribution in [0.25, 0.3) is 0 Å². The standard InChI is InChI=1S/C77H136O17P2/c1-5-9-13-17-21-25-29-32-34-35-37-40-43-46-50-54-58-62-75(80)88-68-73(94-77(82)64-60-56-52-48-44-38-31-27-23-19-15-11-7-3)70-92-96(85,86)90-66-71(78)65-89-95(83,84)91-69-72(93-76(81)63-59-55-51-47-41-28-24-20-16-12-8-4)67-87-74(79)61-57-53-49-45-42-39-36-33-30-26-22-18-14-10-6-2/h9,13,15,19-21,24-25,27,31-32,34,37,40,71-73,78H,5-8,10-12,14,16-18,22-23,26,28-30,33,35-36,38-39,41-70H2,1-4H3,(H,83,84)(H,85,86)/b13-9-,19-15-,24-20-,25-21-,31-27-,34-32-,40-37-. The van der Waals surface area contributed by atoms with Gasteiger partial charge in [-0.1, -0.05) is 273 Å². The van der Waals surface area contributed by atoms with Crippen molar-refractivity contribution in [3.8, 4) is 0 Å². The van der Waals surface area contributed by atoms with Gasteiger partial charge in [0.2, 0.25) is 0 Å². The summed E-state index contributed by atoms with van der Waals surface area (Å²) in [5.74, 6) is -2.21. The molecule has 0 aromatic carbocycles. The number of rotatable bonds is 71. The first-order chi connectivity index (χ1) is 46.7. The average molecular weight is 1400 g/mol. The maximum atomic E-state index is 13.1. The van der Waals surface area contributed by atoms with Crippen molar-refractivity contribution in [2.45, 2.75) is 341 Å². The van der Waals surface area contributed by atoms with Gasteiger partial charge in [0, 0.05) is 25.7 Å². The van der Waals surface area contributed by atoms with E-state index in [1.807, 2.05) is 0 Å². The number of phosphoric ester groups is 2. The molecule has 0 aliphatic carbocycles. The number of esters is 4. The molecule has 556 valence electrons. The first-order valence-electron chi connectivity index (χ1n) is 37.8. The van der Waals surface area contributed by atoms with Gasteiger partial charge in [-0.2, -0.15) is 0 Å². The molecule has 0 rings (SSSR count). The SMILES string of the molecule is CC/C=C\C/C=C\C/C=C\C/C=C\CCCCCCC(=O)OCC(COP(=O)(O)OCC(O)COP(=O)(O)OCC(COC(=O)CCCCCCCCCCCCCCCCC)OC(=O)CCCCCCC/C=C\CCCC)OC(=O)CCCCCCC/C=C\C/C=C\CCC. The van der Waals surface area contributed by atoms with Crippen molar-refractivity contribution in [1.82, 2.24) is 0 Å². The lowest BCUT2D eigenvalue weighted by molar-refractivity contribution is -0.161. The molecule has 5 atom stereocenters. The Hall–Kier alpha value is -3.76. The summed E-state index contributed by atoms with van der Waals surface area (Å²) in [7, 11) is -9.95. The molecule has 3 N–H and O–H groups in total. The summed E-state index contributed by atoms with van der Waals surface area (Å²) in [5.41, 5.74) is 0. The van der Waals surface area contributed by atoms with Crippen LogP contribution in [-0.2, 0) is 65.4 Å². The van der Waals surface area contributed by atoms with Gasteiger partial charge in [0.1, 0.15) is 19.3 Å². The maximum absolute atomic E-state index is 13.1. The van der Waals surface area contributed by atoms with E-state index >= 15 is 0 Å². The van der Waals surface area contributed by atoms with Crippen molar-refractivity contribution in [2.24, 2.45) is 0 Å². The van der Waals surface area contributed by atoms with E-state index in [0.717, 1.165) is 161 Å². The Balaban J connectivity index is 5.32. The molecule has 0 radical (unpaired) electrons. The Labute approximate surface area is 583 Å². The summed E-state index contributed by atoms with van der Waals surface area (Å²) in [4.78, 5) is 72.7. The highest BCUT2D eigenvalue weighted by Crippen LogP contribution is 2.45. The van der Waals surface area contributed by atoms with Crippen molar-refractivity contribution in [3.63, 3.8) is 0 Å². The van der Waals surface area contributed by atoms with E-state index in [0.29, 0.717) is 25.7 Å². The molecule has 5 unspecified atom stereocenters. The Kier molecular flexibility index (Phi) is 67.0. The fourth-order valence-corrected chi connectivity index (χ4v) is 11.6.